The molecule has 0 saturated carbocycles. The zero-order chi connectivity index (χ0) is 20.6. The molecule has 1 aliphatic heterocycles. The van der Waals surface area contributed by atoms with E-state index in [0.29, 0.717) is 36.7 Å². The number of likely N-dealkylation sites (tertiary alicyclic amines) is 1. The van der Waals surface area contributed by atoms with Gasteiger partial charge in [0.15, 0.2) is 5.82 Å². The molecule has 0 aromatic carbocycles. The van der Waals surface area contributed by atoms with Gasteiger partial charge in [0.1, 0.15) is 17.5 Å². The maximum atomic E-state index is 12.7. The third-order valence-electron chi connectivity index (χ3n) is 4.57. The van der Waals surface area contributed by atoms with Gasteiger partial charge in [-0.1, -0.05) is 5.16 Å². The van der Waals surface area contributed by atoms with Crippen LogP contribution in [0.1, 0.15) is 54.7 Å². The largest absolute Gasteiger partial charge is 0.457 e. The Bertz CT molecular complexity index is 890. The van der Waals surface area contributed by atoms with E-state index in [-0.39, 0.29) is 12.2 Å². The van der Waals surface area contributed by atoms with Crippen LogP contribution >= 0.6 is 0 Å². The molecule has 1 aliphatic rings. The first kappa shape index (κ1) is 20.0. The molecule has 0 radical (unpaired) electrons. The maximum absolute atomic E-state index is 12.7. The minimum atomic E-state index is -0.553. The second kappa shape index (κ2) is 7.33. The van der Waals surface area contributed by atoms with Gasteiger partial charge < -0.3 is 18.9 Å². The number of aryl methyl sites for hydroxylation is 2. The molecule has 8 heteroatoms. The average molecular weight is 389 g/mol. The van der Waals surface area contributed by atoms with Gasteiger partial charge in [0.05, 0.1) is 12.1 Å². The maximum Gasteiger partial charge on any atom is 0.410 e. The minimum Gasteiger partial charge on any atom is -0.457 e. The van der Waals surface area contributed by atoms with Crippen molar-refractivity contribution in [2.75, 3.05) is 13.1 Å². The number of aromatic nitrogens is 2. The number of nitrogens with zero attached hydrogens (tertiary/aromatic N) is 3. The molecule has 1 fully saturated rings. The van der Waals surface area contributed by atoms with Crippen LogP contribution in [0.3, 0.4) is 0 Å². The van der Waals surface area contributed by atoms with Crippen molar-refractivity contribution in [1.82, 2.24) is 14.6 Å². The summed E-state index contributed by atoms with van der Waals surface area (Å²) >= 11 is 0. The van der Waals surface area contributed by atoms with E-state index >= 15 is 0 Å². The predicted molar refractivity (Wildman–Crippen MR) is 102 cm³/mol. The third kappa shape index (κ3) is 4.21. The van der Waals surface area contributed by atoms with Gasteiger partial charge in [0.25, 0.3) is 0 Å². The molecule has 1 atom stereocenters. The first-order chi connectivity index (χ1) is 13.0. The van der Waals surface area contributed by atoms with E-state index in [1.807, 2.05) is 52.2 Å². The van der Waals surface area contributed by atoms with Crippen LogP contribution < -0.4 is 0 Å². The predicted octanol–water partition coefficient (Wildman–Crippen LogP) is 3.56. The van der Waals surface area contributed by atoms with E-state index in [2.05, 4.69) is 5.16 Å². The van der Waals surface area contributed by atoms with Gasteiger partial charge >= 0.3 is 12.1 Å². The van der Waals surface area contributed by atoms with Crippen LogP contribution in [-0.4, -0.2) is 51.5 Å². The Morgan fingerprint density at radius 3 is 2.54 bits per heavy atom. The topological polar surface area (TPSA) is 86.8 Å². The lowest BCUT2D eigenvalue weighted by molar-refractivity contribution is 0.0191. The number of esters is 1. The summed E-state index contributed by atoms with van der Waals surface area (Å²) in [6.07, 6.45) is -0.144. The van der Waals surface area contributed by atoms with Crippen molar-refractivity contribution in [3.05, 3.63) is 34.8 Å². The molecule has 2 aromatic rings. The first-order valence-electron chi connectivity index (χ1n) is 9.36. The van der Waals surface area contributed by atoms with Crippen LogP contribution in [-0.2, 0) is 9.47 Å². The van der Waals surface area contributed by atoms with E-state index in [1.165, 1.54) is 0 Å². The Morgan fingerprint density at radius 1 is 1.21 bits per heavy atom. The molecule has 0 unspecified atom stereocenters. The number of hydrogen-bond acceptors (Lipinski definition) is 6. The fourth-order valence-electron chi connectivity index (χ4n) is 3.31. The molecule has 0 spiro atoms. The van der Waals surface area contributed by atoms with Crippen molar-refractivity contribution < 1.29 is 23.6 Å². The van der Waals surface area contributed by atoms with Gasteiger partial charge in [-0.3, -0.25) is 4.57 Å². The number of amides is 1. The SMILES string of the molecule is Cc1cc(-n2c(C)cc(C(=O)O[C@H]3CCN(C(=O)OC(C)(C)C)C3)c2C)no1. The summed E-state index contributed by atoms with van der Waals surface area (Å²) in [6.45, 7) is 11.9. The Balaban J connectivity index is 1.67. The number of carbonyl (C=O) groups excluding carboxylic acids is 2. The number of rotatable bonds is 3. The van der Waals surface area contributed by atoms with Gasteiger partial charge in [-0.15, -0.1) is 0 Å². The Labute approximate surface area is 164 Å². The number of hydrogen-bond donors (Lipinski definition) is 0. The summed E-state index contributed by atoms with van der Waals surface area (Å²) in [5, 5.41) is 4.02. The fraction of sp³-hybridized carbons (Fsp3) is 0.550. The van der Waals surface area contributed by atoms with Crippen LogP contribution in [0, 0.1) is 20.8 Å². The lowest BCUT2D eigenvalue weighted by atomic mass is 10.2. The zero-order valence-corrected chi connectivity index (χ0v) is 17.2. The second-order valence-corrected chi connectivity index (χ2v) is 8.16. The van der Waals surface area contributed by atoms with Gasteiger partial charge in [-0.25, -0.2) is 9.59 Å². The van der Waals surface area contributed by atoms with E-state index in [4.69, 9.17) is 14.0 Å². The fourth-order valence-corrected chi connectivity index (χ4v) is 3.31. The summed E-state index contributed by atoms with van der Waals surface area (Å²) < 4.78 is 18.0. The van der Waals surface area contributed by atoms with Crippen LogP contribution in [0.25, 0.3) is 5.82 Å². The highest BCUT2D eigenvalue weighted by atomic mass is 16.6. The smallest absolute Gasteiger partial charge is 0.410 e. The van der Waals surface area contributed by atoms with Crippen molar-refractivity contribution in [2.45, 2.75) is 59.7 Å². The standard InChI is InChI=1S/C20H27N3O5/c1-12-9-16(14(3)23(12)17-10-13(2)28-21-17)18(24)26-15-7-8-22(11-15)19(25)27-20(4,5)6/h9-10,15H,7-8,11H2,1-6H3/t15-/m0/s1. The highest BCUT2D eigenvalue weighted by Gasteiger charge is 2.32. The van der Waals surface area contributed by atoms with Crippen molar-refractivity contribution in [3.63, 3.8) is 0 Å². The lowest BCUT2D eigenvalue weighted by Gasteiger charge is -2.24. The summed E-state index contributed by atoms with van der Waals surface area (Å²) in [5.41, 5.74) is 1.52. The summed E-state index contributed by atoms with van der Waals surface area (Å²) in [4.78, 5) is 26.5. The van der Waals surface area contributed by atoms with Crippen molar-refractivity contribution in [2.24, 2.45) is 0 Å². The molecule has 28 heavy (non-hydrogen) atoms. The molecular formula is C20H27N3O5. The van der Waals surface area contributed by atoms with Crippen molar-refractivity contribution >= 4 is 12.1 Å². The molecular weight excluding hydrogens is 362 g/mol. The van der Waals surface area contributed by atoms with Crippen molar-refractivity contribution in [1.29, 1.82) is 0 Å². The quantitative estimate of drug-likeness (QED) is 0.746. The molecule has 1 amide bonds. The normalized spacial score (nSPS) is 17.1. The lowest BCUT2D eigenvalue weighted by Crippen LogP contribution is -2.36. The molecule has 3 heterocycles. The summed E-state index contributed by atoms with van der Waals surface area (Å²) in [5.74, 6) is 0.916. The van der Waals surface area contributed by atoms with E-state index in [0.717, 1.165) is 11.4 Å². The highest BCUT2D eigenvalue weighted by Crippen LogP contribution is 2.23. The molecule has 0 bridgehead atoms. The Kier molecular flexibility index (Phi) is 5.23. The number of carbonyl (C=O) groups is 2. The van der Waals surface area contributed by atoms with Crippen LogP contribution in [0.2, 0.25) is 0 Å². The molecule has 0 aliphatic carbocycles. The van der Waals surface area contributed by atoms with Gasteiger partial charge in [-0.05, 0) is 47.6 Å². The number of ether oxygens (including phenoxy) is 2. The summed E-state index contributed by atoms with van der Waals surface area (Å²) in [7, 11) is 0. The van der Waals surface area contributed by atoms with E-state index in [9.17, 15) is 9.59 Å². The summed E-state index contributed by atoms with van der Waals surface area (Å²) in [6, 6.07) is 3.59. The van der Waals surface area contributed by atoms with E-state index < -0.39 is 11.6 Å². The van der Waals surface area contributed by atoms with Gasteiger partial charge in [-0.2, -0.15) is 0 Å². The second-order valence-electron chi connectivity index (χ2n) is 8.16. The van der Waals surface area contributed by atoms with E-state index in [1.54, 1.807) is 11.0 Å². The van der Waals surface area contributed by atoms with Crippen LogP contribution in [0.15, 0.2) is 16.7 Å². The molecule has 0 N–H and O–H groups in total. The molecule has 152 valence electrons. The van der Waals surface area contributed by atoms with Crippen molar-refractivity contribution in [3.8, 4) is 5.82 Å². The minimum absolute atomic E-state index is 0.335. The van der Waals surface area contributed by atoms with Crippen LogP contribution in [0.5, 0.6) is 0 Å². The zero-order valence-electron chi connectivity index (χ0n) is 17.2. The average Bonchev–Trinajstić information content (AvgIpc) is 3.26. The third-order valence-corrected chi connectivity index (χ3v) is 4.57. The molecule has 8 nitrogen and oxygen atoms in total. The highest BCUT2D eigenvalue weighted by molar-refractivity contribution is 5.91. The Hall–Kier alpha value is -2.77. The van der Waals surface area contributed by atoms with Gasteiger partial charge in [0, 0.05) is 30.4 Å². The molecule has 2 aromatic heterocycles. The molecule has 3 rings (SSSR count). The Morgan fingerprint density at radius 2 is 1.93 bits per heavy atom. The van der Waals surface area contributed by atoms with Gasteiger partial charge in [0.2, 0.25) is 0 Å². The monoisotopic (exact) mass is 389 g/mol. The first-order valence-corrected chi connectivity index (χ1v) is 9.36. The molecule has 1 saturated heterocycles. The van der Waals surface area contributed by atoms with Crippen LogP contribution in [0.4, 0.5) is 4.79 Å².